The molecular weight excluding hydrogens is 350 g/mol. The number of amides is 1. The van der Waals surface area contributed by atoms with Crippen LogP contribution in [0.4, 0.5) is 6.01 Å². The van der Waals surface area contributed by atoms with E-state index in [0.29, 0.717) is 15.7 Å². The molecule has 0 atom stereocenters. The zero-order chi connectivity index (χ0) is 15.7. The minimum Gasteiger partial charge on any atom is -0.401 e. The number of nitrogens with zero attached hydrogens (tertiary/aromatic N) is 4. The Morgan fingerprint density at radius 3 is 2.77 bits per heavy atom. The molecule has 2 heterocycles. The number of hydrogen-bond acceptors (Lipinski definition) is 5. The second-order valence-corrected chi connectivity index (χ2v) is 5.50. The van der Waals surface area contributed by atoms with Gasteiger partial charge in [0.1, 0.15) is 5.69 Å². The predicted molar refractivity (Wildman–Crippen MR) is 83.3 cm³/mol. The Hall–Kier alpha value is -2.48. The zero-order valence-corrected chi connectivity index (χ0v) is 13.5. The van der Waals surface area contributed by atoms with Gasteiger partial charge in [0.25, 0.3) is 11.8 Å². The number of carbonyl (C=O) groups excluding carboxylic acids is 1. The van der Waals surface area contributed by atoms with E-state index in [2.05, 4.69) is 36.5 Å². The van der Waals surface area contributed by atoms with Crippen molar-refractivity contribution in [2.75, 3.05) is 5.32 Å². The van der Waals surface area contributed by atoms with Crippen LogP contribution >= 0.6 is 15.9 Å². The molecule has 2 aromatic heterocycles. The summed E-state index contributed by atoms with van der Waals surface area (Å²) in [7, 11) is 1.82. The summed E-state index contributed by atoms with van der Waals surface area (Å²) in [6, 6.07) is 8.93. The minimum absolute atomic E-state index is 0.0269. The van der Waals surface area contributed by atoms with Crippen LogP contribution in [-0.2, 0) is 7.05 Å². The average Bonchev–Trinajstić information content (AvgIpc) is 3.07. The Kier molecular flexibility index (Phi) is 3.76. The normalized spacial score (nSPS) is 10.7. The third-order valence-electron chi connectivity index (χ3n) is 3.10. The number of anilines is 1. The molecule has 0 aliphatic heterocycles. The minimum atomic E-state index is -0.333. The molecule has 8 heteroatoms. The van der Waals surface area contributed by atoms with Gasteiger partial charge >= 0.3 is 6.01 Å². The quantitative estimate of drug-likeness (QED) is 0.774. The fraction of sp³-hybridized carbons (Fsp3) is 0.143. The van der Waals surface area contributed by atoms with Crippen molar-refractivity contribution in [2.45, 2.75) is 6.92 Å². The van der Waals surface area contributed by atoms with Gasteiger partial charge in [-0.05, 0) is 41.1 Å². The van der Waals surface area contributed by atoms with E-state index in [1.54, 1.807) is 22.9 Å². The van der Waals surface area contributed by atoms with Crippen LogP contribution in [0, 0.1) is 6.92 Å². The lowest BCUT2D eigenvalue weighted by molar-refractivity contribution is 0.102. The molecule has 0 bridgehead atoms. The summed E-state index contributed by atoms with van der Waals surface area (Å²) in [6.45, 7) is 1.92. The van der Waals surface area contributed by atoms with E-state index in [1.807, 2.05) is 26.1 Å². The monoisotopic (exact) mass is 361 g/mol. The molecule has 112 valence electrons. The largest absolute Gasteiger partial charge is 0.401 e. The van der Waals surface area contributed by atoms with Gasteiger partial charge in [-0.15, -0.1) is 5.10 Å². The van der Waals surface area contributed by atoms with Crippen LogP contribution in [0.15, 0.2) is 39.2 Å². The molecule has 7 nitrogen and oxygen atoms in total. The van der Waals surface area contributed by atoms with Crippen LogP contribution in [0.25, 0.3) is 11.6 Å². The van der Waals surface area contributed by atoms with E-state index in [1.165, 1.54) is 0 Å². The molecule has 0 saturated heterocycles. The van der Waals surface area contributed by atoms with Crippen LogP contribution in [0.1, 0.15) is 16.1 Å². The highest BCUT2D eigenvalue weighted by molar-refractivity contribution is 9.10. The molecule has 0 spiro atoms. The van der Waals surface area contributed by atoms with Gasteiger partial charge in [0.2, 0.25) is 0 Å². The van der Waals surface area contributed by atoms with E-state index in [4.69, 9.17) is 4.42 Å². The first-order valence-electron chi connectivity index (χ1n) is 6.45. The maximum Gasteiger partial charge on any atom is 0.322 e. The van der Waals surface area contributed by atoms with Gasteiger partial charge in [0, 0.05) is 17.2 Å². The van der Waals surface area contributed by atoms with Crippen molar-refractivity contribution in [2.24, 2.45) is 7.05 Å². The Morgan fingerprint density at radius 1 is 1.32 bits per heavy atom. The lowest BCUT2D eigenvalue weighted by atomic mass is 10.2. The smallest absolute Gasteiger partial charge is 0.322 e. The zero-order valence-electron chi connectivity index (χ0n) is 11.9. The SMILES string of the molecule is Cc1cc(-c2nnc(NC(=O)c3ccccc3Br)o2)nn1C. The standard InChI is InChI=1S/C14H12BrN5O2/c1-8-7-11(19-20(8)2)13-17-18-14(22-13)16-12(21)9-5-3-4-6-10(9)15/h3-7H,1-2H3,(H,16,18,21). The lowest BCUT2D eigenvalue weighted by Crippen LogP contribution is -2.12. The second kappa shape index (κ2) is 5.72. The third-order valence-corrected chi connectivity index (χ3v) is 3.79. The fourth-order valence-corrected chi connectivity index (χ4v) is 2.32. The topological polar surface area (TPSA) is 85.8 Å². The highest BCUT2D eigenvalue weighted by atomic mass is 79.9. The van der Waals surface area contributed by atoms with Crippen molar-refractivity contribution in [3.05, 3.63) is 46.1 Å². The summed E-state index contributed by atoms with van der Waals surface area (Å²) in [5, 5.41) is 14.5. The Balaban J connectivity index is 1.80. The molecular formula is C14H12BrN5O2. The average molecular weight is 362 g/mol. The van der Waals surface area contributed by atoms with Crippen molar-refractivity contribution in [1.82, 2.24) is 20.0 Å². The van der Waals surface area contributed by atoms with E-state index >= 15 is 0 Å². The summed E-state index contributed by atoms with van der Waals surface area (Å²) in [5.41, 5.74) is 2.01. The number of aromatic nitrogens is 4. The fourth-order valence-electron chi connectivity index (χ4n) is 1.85. The Bertz CT molecular complexity index is 820. The van der Waals surface area contributed by atoms with E-state index in [-0.39, 0.29) is 17.8 Å². The van der Waals surface area contributed by atoms with Gasteiger partial charge in [-0.25, -0.2) is 0 Å². The van der Waals surface area contributed by atoms with Gasteiger partial charge < -0.3 is 4.42 Å². The van der Waals surface area contributed by atoms with Crippen LogP contribution in [0.3, 0.4) is 0 Å². The van der Waals surface area contributed by atoms with Crippen molar-refractivity contribution in [3.8, 4) is 11.6 Å². The van der Waals surface area contributed by atoms with Gasteiger partial charge in [-0.3, -0.25) is 14.8 Å². The number of nitrogens with one attached hydrogen (secondary N) is 1. The van der Waals surface area contributed by atoms with Crippen molar-refractivity contribution < 1.29 is 9.21 Å². The van der Waals surface area contributed by atoms with Crippen molar-refractivity contribution in [3.63, 3.8) is 0 Å². The summed E-state index contributed by atoms with van der Waals surface area (Å²) in [6.07, 6.45) is 0. The Labute approximate surface area is 134 Å². The lowest BCUT2D eigenvalue weighted by Gasteiger charge is -2.02. The highest BCUT2D eigenvalue weighted by Crippen LogP contribution is 2.21. The maximum absolute atomic E-state index is 12.2. The van der Waals surface area contributed by atoms with Gasteiger partial charge in [-0.2, -0.15) is 5.10 Å². The molecule has 0 aliphatic carbocycles. The van der Waals surface area contributed by atoms with Crippen LogP contribution in [-0.4, -0.2) is 25.9 Å². The predicted octanol–water partition coefficient (Wildman–Crippen LogP) is 2.79. The first kappa shape index (κ1) is 14.5. The third kappa shape index (κ3) is 2.77. The second-order valence-electron chi connectivity index (χ2n) is 4.64. The number of benzene rings is 1. The van der Waals surface area contributed by atoms with E-state index in [0.717, 1.165) is 5.69 Å². The van der Waals surface area contributed by atoms with Gasteiger partial charge in [0.15, 0.2) is 0 Å². The molecule has 1 amide bonds. The number of halogens is 1. The van der Waals surface area contributed by atoms with Crippen molar-refractivity contribution in [1.29, 1.82) is 0 Å². The highest BCUT2D eigenvalue weighted by Gasteiger charge is 2.16. The van der Waals surface area contributed by atoms with Crippen molar-refractivity contribution >= 4 is 27.9 Å². The molecule has 0 aliphatic rings. The first-order chi connectivity index (χ1) is 10.5. The molecule has 0 fully saturated rings. The van der Waals surface area contributed by atoms with Crippen LogP contribution in [0.5, 0.6) is 0 Å². The molecule has 3 aromatic rings. The molecule has 1 N–H and O–H groups in total. The number of hydrogen-bond donors (Lipinski definition) is 1. The van der Waals surface area contributed by atoms with Crippen LogP contribution < -0.4 is 5.32 Å². The molecule has 0 radical (unpaired) electrons. The number of aryl methyl sites for hydroxylation is 2. The van der Waals surface area contributed by atoms with Gasteiger partial charge in [-0.1, -0.05) is 17.2 Å². The maximum atomic E-state index is 12.2. The van der Waals surface area contributed by atoms with Crippen LogP contribution in [0.2, 0.25) is 0 Å². The molecule has 0 saturated carbocycles. The summed E-state index contributed by atoms with van der Waals surface area (Å²) in [5.74, 6) is -0.0778. The van der Waals surface area contributed by atoms with Gasteiger partial charge in [0.05, 0.1) is 5.56 Å². The molecule has 3 rings (SSSR count). The number of carbonyl (C=O) groups is 1. The molecule has 22 heavy (non-hydrogen) atoms. The molecule has 1 aromatic carbocycles. The summed E-state index contributed by atoms with van der Waals surface area (Å²) in [4.78, 5) is 12.2. The molecule has 0 unspecified atom stereocenters. The van der Waals surface area contributed by atoms with E-state index in [9.17, 15) is 4.79 Å². The summed E-state index contributed by atoms with van der Waals surface area (Å²) < 4.78 is 7.82. The number of rotatable bonds is 3. The van der Waals surface area contributed by atoms with E-state index < -0.39 is 0 Å². The Morgan fingerprint density at radius 2 is 2.09 bits per heavy atom. The summed E-state index contributed by atoms with van der Waals surface area (Å²) >= 11 is 3.32. The first-order valence-corrected chi connectivity index (χ1v) is 7.24.